The molecule has 0 aromatic rings. The summed E-state index contributed by atoms with van der Waals surface area (Å²) in [5, 5.41) is 23.7. The Balaban J connectivity index is 2.81. The molecular formula is C18H33N7O6. The average Bonchev–Trinajstić information content (AvgIpc) is 3.18. The third-order valence-corrected chi connectivity index (χ3v) is 4.95. The molecule has 5 atom stereocenters. The number of likely N-dealkylation sites (tertiary alicyclic amines) is 1. The molecule has 0 aliphatic carbocycles. The standard InChI is InChI=1S/C18H33N7O6/c1-9(16(29)25-8-4-6-12(25)17(30)31)23-14(27)11(5-3-7-22-18(20)21)24-15(28)13(19)10(2)26/h9-13,26H,3-8,19H2,1-2H3,(H,23,27)(H,24,28)(H,30,31)(H4,20,21,22). The van der Waals surface area contributed by atoms with Gasteiger partial charge < -0.3 is 42.9 Å². The van der Waals surface area contributed by atoms with Gasteiger partial charge in [-0.25, -0.2) is 4.79 Å². The van der Waals surface area contributed by atoms with Gasteiger partial charge in [0, 0.05) is 13.1 Å². The molecule has 0 bridgehead atoms. The van der Waals surface area contributed by atoms with Gasteiger partial charge in [-0.2, -0.15) is 0 Å². The number of carbonyl (C=O) groups is 4. The van der Waals surface area contributed by atoms with Crippen molar-refractivity contribution in [2.75, 3.05) is 13.1 Å². The third kappa shape index (κ3) is 8.02. The largest absolute Gasteiger partial charge is 0.480 e. The highest BCUT2D eigenvalue weighted by Gasteiger charge is 2.37. The predicted molar refractivity (Wildman–Crippen MR) is 111 cm³/mol. The lowest BCUT2D eigenvalue weighted by atomic mass is 10.1. The van der Waals surface area contributed by atoms with Crippen LogP contribution in [-0.4, -0.2) is 88.1 Å². The van der Waals surface area contributed by atoms with Gasteiger partial charge >= 0.3 is 5.97 Å². The fraction of sp³-hybridized carbons (Fsp3) is 0.722. The lowest BCUT2D eigenvalue weighted by molar-refractivity contribution is -0.149. The normalized spacial score (nSPS) is 19.6. The molecule has 13 nitrogen and oxygen atoms in total. The summed E-state index contributed by atoms with van der Waals surface area (Å²) >= 11 is 0. The van der Waals surface area contributed by atoms with Crippen LogP contribution < -0.4 is 27.8 Å². The van der Waals surface area contributed by atoms with Crippen molar-refractivity contribution in [2.45, 2.75) is 69.8 Å². The van der Waals surface area contributed by atoms with Gasteiger partial charge in [0.05, 0.1) is 6.10 Å². The van der Waals surface area contributed by atoms with E-state index >= 15 is 0 Å². The van der Waals surface area contributed by atoms with Crippen LogP contribution in [0, 0.1) is 0 Å². The number of nitrogens with zero attached hydrogens (tertiary/aromatic N) is 2. The van der Waals surface area contributed by atoms with E-state index < -0.39 is 54.0 Å². The SMILES string of the molecule is CC(NC(=O)C(CCCN=C(N)N)NC(=O)C(N)C(C)O)C(=O)N1CCCC1C(=O)O. The van der Waals surface area contributed by atoms with E-state index in [2.05, 4.69) is 15.6 Å². The number of guanidine groups is 1. The smallest absolute Gasteiger partial charge is 0.326 e. The zero-order valence-corrected chi connectivity index (χ0v) is 17.8. The molecule has 0 aromatic carbocycles. The highest BCUT2D eigenvalue weighted by molar-refractivity contribution is 5.94. The lowest BCUT2D eigenvalue weighted by Crippen LogP contribution is -2.57. The fourth-order valence-corrected chi connectivity index (χ4v) is 3.17. The summed E-state index contributed by atoms with van der Waals surface area (Å²) in [7, 11) is 0. The van der Waals surface area contributed by atoms with Gasteiger partial charge in [-0.3, -0.25) is 19.4 Å². The van der Waals surface area contributed by atoms with Gasteiger partial charge in [0.15, 0.2) is 5.96 Å². The molecular weight excluding hydrogens is 410 g/mol. The first-order chi connectivity index (χ1) is 14.5. The molecule has 1 saturated heterocycles. The Morgan fingerprint density at radius 2 is 1.81 bits per heavy atom. The second-order valence-corrected chi connectivity index (χ2v) is 7.53. The van der Waals surface area contributed by atoms with Crippen molar-refractivity contribution in [3.63, 3.8) is 0 Å². The second kappa shape index (κ2) is 12.1. The number of nitrogens with one attached hydrogen (secondary N) is 2. The third-order valence-electron chi connectivity index (χ3n) is 4.95. The van der Waals surface area contributed by atoms with Crippen molar-refractivity contribution in [1.82, 2.24) is 15.5 Å². The van der Waals surface area contributed by atoms with Crippen LogP contribution in [0.2, 0.25) is 0 Å². The summed E-state index contributed by atoms with van der Waals surface area (Å²) in [4.78, 5) is 53.9. The number of hydrogen-bond acceptors (Lipinski definition) is 7. The van der Waals surface area contributed by atoms with Gasteiger partial charge in [-0.05, 0) is 39.5 Å². The number of aliphatic imine (C=N–C) groups is 1. The quantitative estimate of drug-likeness (QED) is 0.0968. The van der Waals surface area contributed by atoms with Crippen LogP contribution in [0.15, 0.2) is 4.99 Å². The molecule has 0 spiro atoms. The number of carboxylic acids is 1. The molecule has 31 heavy (non-hydrogen) atoms. The van der Waals surface area contributed by atoms with Gasteiger partial charge in [0.25, 0.3) is 0 Å². The minimum absolute atomic E-state index is 0.112. The molecule has 13 heteroatoms. The number of amides is 3. The minimum atomic E-state index is -1.24. The Hall–Kier alpha value is -2.93. The highest BCUT2D eigenvalue weighted by Crippen LogP contribution is 2.18. The topological polar surface area (TPSA) is 226 Å². The number of carboxylic acid groups (broad SMARTS) is 1. The first-order valence-electron chi connectivity index (χ1n) is 10.1. The van der Waals surface area contributed by atoms with Crippen LogP contribution in [0.5, 0.6) is 0 Å². The lowest BCUT2D eigenvalue weighted by Gasteiger charge is -2.27. The summed E-state index contributed by atoms with van der Waals surface area (Å²) in [6.07, 6.45) is 0.264. The van der Waals surface area contributed by atoms with Crippen LogP contribution in [0.3, 0.4) is 0 Å². The Labute approximate surface area is 180 Å². The summed E-state index contributed by atoms with van der Waals surface area (Å²) in [6, 6.07) is -4.23. The summed E-state index contributed by atoms with van der Waals surface area (Å²) in [6.45, 7) is 3.29. The van der Waals surface area contributed by atoms with Crippen molar-refractivity contribution in [3.8, 4) is 0 Å². The van der Waals surface area contributed by atoms with Crippen molar-refractivity contribution < 1.29 is 29.4 Å². The number of rotatable bonds is 11. The van der Waals surface area contributed by atoms with Gasteiger partial charge in [-0.15, -0.1) is 0 Å². The van der Waals surface area contributed by atoms with E-state index in [1.165, 1.54) is 18.7 Å². The number of aliphatic carboxylic acids is 1. The molecule has 1 rings (SSSR count). The summed E-state index contributed by atoms with van der Waals surface area (Å²) < 4.78 is 0. The number of nitrogens with two attached hydrogens (primary N) is 3. The second-order valence-electron chi connectivity index (χ2n) is 7.53. The molecule has 10 N–H and O–H groups in total. The molecule has 5 unspecified atom stereocenters. The molecule has 0 aromatic heterocycles. The van der Waals surface area contributed by atoms with Gasteiger partial charge in [-0.1, -0.05) is 0 Å². The van der Waals surface area contributed by atoms with E-state index in [0.29, 0.717) is 19.3 Å². The molecule has 1 heterocycles. The highest BCUT2D eigenvalue weighted by atomic mass is 16.4. The van der Waals surface area contributed by atoms with E-state index in [0.717, 1.165) is 0 Å². The number of aliphatic hydroxyl groups is 1. The van der Waals surface area contributed by atoms with Crippen molar-refractivity contribution in [2.24, 2.45) is 22.2 Å². The van der Waals surface area contributed by atoms with Crippen molar-refractivity contribution in [3.05, 3.63) is 0 Å². The van der Waals surface area contributed by atoms with Crippen LogP contribution >= 0.6 is 0 Å². The maximum atomic E-state index is 12.7. The van der Waals surface area contributed by atoms with Crippen molar-refractivity contribution >= 4 is 29.7 Å². The Kier molecular flexibility index (Phi) is 10.1. The monoisotopic (exact) mass is 443 g/mol. The maximum absolute atomic E-state index is 12.7. The Morgan fingerprint density at radius 1 is 1.16 bits per heavy atom. The first kappa shape index (κ1) is 26.1. The molecule has 1 fully saturated rings. The maximum Gasteiger partial charge on any atom is 0.326 e. The fourth-order valence-electron chi connectivity index (χ4n) is 3.17. The predicted octanol–water partition coefficient (Wildman–Crippen LogP) is -3.19. The van der Waals surface area contributed by atoms with Crippen LogP contribution in [0.25, 0.3) is 0 Å². The zero-order chi connectivity index (χ0) is 23.7. The molecule has 3 amide bonds. The van der Waals surface area contributed by atoms with E-state index in [4.69, 9.17) is 17.2 Å². The molecule has 0 radical (unpaired) electrons. The van der Waals surface area contributed by atoms with E-state index in [1.807, 2.05) is 0 Å². The van der Waals surface area contributed by atoms with Crippen LogP contribution in [-0.2, 0) is 19.2 Å². The summed E-state index contributed by atoms with van der Waals surface area (Å²) in [5.74, 6) is -3.12. The van der Waals surface area contributed by atoms with E-state index in [1.54, 1.807) is 0 Å². The van der Waals surface area contributed by atoms with Gasteiger partial charge in [0.2, 0.25) is 17.7 Å². The van der Waals surface area contributed by atoms with Gasteiger partial charge in [0.1, 0.15) is 24.2 Å². The molecule has 1 aliphatic rings. The van der Waals surface area contributed by atoms with E-state index in [9.17, 15) is 29.4 Å². The van der Waals surface area contributed by atoms with E-state index in [-0.39, 0.29) is 25.5 Å². The Morgan fingerprint density at radius 3 is 2.35 bits per heavy atom. The number of aliphatic hydroxyl groups excluding tert-OH is 1. The Bertz CT molecular complexity index is 695. The number of hydrogen-bond donors (Lipinski definition) is 7. The zero-order valence-electron chi connectivity index (χ0n) is 17.8. The number of carbonyl (C=O) groups excluding carboxylic acids is 3. The molecule has 176 valence electrons. The van der Waals surface area contributed by atoms with Crippen LogP contribution in [0.4, 0.5) is 0 Å². The first-order valence-corrected chi connectivity index (χ1v) is 10.1. The molecule has 0 saturated carbocycles. The molecule has 1 aliphatic heterocycles. The average molecular weight is 444 g/mol. The summed E-state index contributed by atoms with van der Waals surface area (Å²) in [5.41, 5.74) is 16.1. The van der Waals surface area contributed by atoms with Crippen molar-refractivity contribution in [1.29, 1.82) is 0 Å². The van der Waals surface area contributed by atoms with Crippen LogP contribution in [0.1, 0.15) is 39.5 Å². The minimum Gasteiger partial charge on any atom is -0.480 e.